The van der Waals surface area contributed by atoms with Crippen molar-refractivity contribution >= 4 is 23.3 Å². The van der Waals surface area contributed by atoms with Crippen molar-refractivity contribution in [1.82, 2.24) is 4.90 Å². The largest absolute Gasteiger partial charge is 0.479 e. The van der Waals surface area contributed by atoms with Gasteiger partial charge in [0.25, 0.3) is 5.91 Å². The number of benzene rings is 1. The average Bonchev–Trinajstić information content (AvgIpc) is 2.63. The van der Waals surface area contributed by atoms with Crippen LogP contribution in [0.2, 0.25) is 0 Å². The van der Waals surface area contributed by atoms with Gasteiger partial charge in [0, 0.05) is 38.5 Å². The molecule has 0 bridgehead atoms. The van der Waals surface area contributed by atoms with Gasteiger partial charge in [0.2, 0.25) is 5.91 Å². The molecule has 2 aliphatic heterocycles. The maximum Gasteiger partial charge on any atom is 0.267 e. The van der Waals surface area contributed by atoms with Crippen LogP contribution in [0, 0.1) is 5.92 Å². The Balaban J connectivity index is 1.64. The fourth-order valence-electron chi connectivity index (χ4n) is 3.62. The third-order valence-electron chi connectivity index (χ3n) is 5.20. The number of fused-ring (bicyclic) bond motifs is 1. The van der Waals surface area contributed by atoms with Gasteiger partial charge in [-0.15, -0.1) is 0 Å². The van der Waals surface area contributed by atoms with Gasteiger partial charge in [0.05, 0.1) is 5.69 Å². The summed E-state index contributed by atoms with van der Waals surface area (Å²) in [5.74, 6) is 0.934. The van der Waals surface area contributed by atoms with Crippen LogP contribution in [0.25, 0.3) is 0 Å². The van der Waals surface area contributed by atoms with E-state index in [2.05, 4.69) is 6.92 Å². The van der Waals surface area contributed by atoms with Crippen LogP contribution in [-0.2, 0) is 9.59 Å². The van der Waals surface area contributed by atoms with Gasteiger partial charge >= 0.3 is 0 Å². The molecule has 2 amide bonds. The minimum Gasteiger partial charge on any atom is -0.479 e. The summed E-state index contributed by atoms with van der Waals surface area (Å²) in [6.45, 7) is 5.43. The first-order valence-electron chi connectivity index (χ1n) is 9.26. The van der Waals surface area contributed by atoms with Gasteiger partial charge in [-0.3, -0.25) is 14.4 Å². The van der Waals surface area contributed by atoms with Gasteiger partial charge in [-0.25, -0.2) is 0 Å². The van der Waals surface area contributed by atoms with Gasteiger partial charge in [0.15, 0.2) is 11.9 Å². The second-order valence-corrected chi connectivity index (χ2v) is 7.35. The summed E-state index contributed by atoms with van der Waals surface area (Å²) in [7, 11) is 1.68. The van der Waals surface area contributed by atoms with Crippen LogP contribution in [0.5, 0.6) is 5.75 Å². The minimum atomic E-state index is -0.529. The lowest BCUT2D eigenvalue weighted by Crippen LogP contribution is -2.42. The highest BCUT2D eigenvalue weighted by atomic mass is 16.5. The first kappa shape index (κ1) is 18.4. The van der Waals surface area contributed by atoms with E-state index in [1.807, 2.05) is 4.90 Å². The fourth-order valence-corrected chi connectivity index (χ4v) is 3.62. The van der Waals surface area contributed by atoms with E-state index < -0.39 is 6.10 Å². The molecule has 140 valence electrons. The van der Waals surface area contributed by atoms with Crippen LogP contribution in [-0.4, -0.2) is 48.7 Å². The molecule has 1 saturated heterocycles. The van der Waals surface area contributed by atoms with Gasteiger partial charge in [-0.2, -0.15) is 0 Å². The minimum absolute atomic E-state index is 0.0484. The Labute approximate surface area is 154 Å². The van der Waals surface area contributed by atoms with Crippen LogP contribution in [0.4, 0.5) is 5.69 Å². The summed E-state index contributed by atoms with van der Waals surface area (Å²) in [5.41, 5.74) is 1.09. The number of carbonyl (C=O) groups excluding carboxylic acids is 3. The number of amides is 2. The predicted octanol–water partition coefficient (Wildman–Crippen LogP) is 2.65. The Hall–Kier alpha value is -2.37. The summed E-state index contributed by atoms with van der Waals surface area (Å²) < 4.78 is 5.57. The molecule has 1 aromatic rings. The number of rotatable bonds is 4. The number of ether oxygens (including phenoxy) is 1. The van der Waals surface area contributed by atoms with E-state index in [-0.39, 0.29) is 30.4 Å². The van der Waals surface area contributed by atoms with Crippen molar-refractivity contribution in [3.63, 3.8) is 0 Å². The van der Waals surface area contributed by atoms with E-state index in [1.165, 1.54) is 4.90 Å². The first-order chi connectivity index (χ1) is 12.4. The molecule has 1 fully saturated rings. The highest BCUT2D eigenvalue weighted by molar-refractivity contribution is 6.03. The molecule has 2 aliphatic rings. The molecule has 0 radical (unpaired) electrons. The molecule has 2 unspecified atom stereocenters. The summed E-state index contributed by atoms with van der Waals surface area (Å²) >= 11 is 0. The van der Waals surface area contributed by atoms with Gasteiger partial charge in [0.1, 0.15) is 5.75 Å². The molecule has 0 aromatic heterocycles. The van der Waals surface area contributed by atoms with Crippen molar-refractivity contribution in [2.45, 2.75) is 45.6 Å². The number of anilines is 1. The lowest BCUT2D eigenvalue weighted by molar-refractivity contribution is -0.132. The van der Waals surface area contributed by atoms with E-state index in [1.54, 1.807) is 32.2 Å². The molecular formula is C20H26N2O4. The molecule has 26 heavy (non-hydrogen) atoms. The number of Topliss-reactive ketones (excluding diaryl/α,β-unsaturated/α-hetero) is 1. The predicted molar refractivity (Wildman–Crippen MR) is 98.5 cm³/mol. The van der Waals surface area contributed by atoms with E-state index in [0.29, 0.717) is 22.9 Å². The number of hydrogen-bond acceptors (Lipinski definition) is 4. The quantitative estimate of drug-likeness (QED) is 0.776. The molecular weight excluding hydrogens is 332 g/mol. The SMILES string of the molecule is CC1CCCN(C(=O)CCC(=O)c2ccc3c(c2)N(C)C(=O)C(C)O3)C1. The molecule has 2 atom stereocenters. The molecule has 1 aromatic carbocycles. The van der Waals surface area contributed by atoms with Crippen LogP contribution >= 0.6 is 0 Å². The zero-order valence-electron chi connectivity index (χ0n) is 15.7. The smallest absolute Gasteiger partial charge is 0.267 e. The molecule has 2 heterocycles. The van der Waals surface area contributed by atoms with Gasteiger partial charge in [-0.05, 0) is 43.9 Å². The molecule has 0 saturated carbocycles. The van der Waals surface area contributed by atoms with Crippen molar-refractivity contribution in [1.29, 1.82) is 0 Å². The normalized spacial score (nSPS) is 22.7. The van der Waals surface area contributed by atoms with E-state index in [0.717, 1.165) is 25.9 Å². The van der Waals surface area contributed by atoms with Gasteiger partial charge in [-0.1, -0.05) is 6.92 Å². The highest BCUT2D eigenvalue weighted by Gasteiger charge is 2.29. The summed E-state index contributed by atoms with van der Waals surface area (Å²) in [6.07, 6.45) is 2.07. The first-order valence-corrected chi connectivity index (χ1v) is 9.26. The fraction of sp³-hybridized carbons (Fsp3) is 0.550. The van der Waals surface area contributed by atoms with Crippen LogP contribution < -0.4 is 9.64 Å². The standard InChI is InChI=1S/C20H26N2O4/c1-13-5-4-10-22(12-13)19(24)9-7-17(23)15-6-8-18-16(11-15)21(3)20(25)14(2)26-18/h6,8,11,13-14H,4-5,7,9-10,12H2,1-3H3. The number of likely N-dealkylation sites (tertiary alicyclic amines) is 1. The number of nitrogens with zero attached hydrogens (tertiary/aromatic N) is 2. The lowest BCUT2D eigenvalue weighted by Gasteiger charge is -2.31. The lowest BCUT2D eigenvalue weighted by atomic mass is 9.99. The van der Waals surface area contributed by atoms with Gasteiger partial charge < -0.3 is 14.5 Å². The Bertz CT molecular complexity index is 731. The molecule has 0 aliphatic carbocycles. The van der Waals surface area contributed by atoms with Crippen molar-refractivity contribution in [2.24, 2.45) is 5.92 Å². The van der Waals surface area contributed by atoms with Crippen LogP contribution in [0.3, 0.4) is 0 Å². The van der Waals surface area contributed by atoms with E-state index in [9.17, 15) is 14.4 Å². The Morgan fingerprint density at radius 2 is 2.00 bits per heavy atom. The number of likely N-dealkylation sites (N-methyl/N-ethyl adjacent to an activating group) is 1. The van der Waals surface area contributed by atoms with Crippen molar-refractivity contribution < 1.29 is 19.1 Å². The highest BCUT2D eigenvalue weighted by Crippen LogP contribution is 2.34. The summed E-state index contributed by atoms with van der Waals surface area (Å²) in [4.78, 5) is 40.3. The molecule has 6 nitrogen and oxygen atoms in total. The number of ketones is 1. The zero-order valence-corrected chi connectivity index (χ0v) is 15.7. The Morgan fingerprint density at radius 3 is 2.73 bits per heavy atom. The maximum atomic E-state index is 12.5. The second-order valence-electron chi connectivity index (χ2n) is 7.35. The monoisotopic (exact) mass is 358 g/mol. The molecule has 3 rings (SSSR count). The zero-order chi connectivity index (χ0) is 18.8. The average molecular weight is 358 g/mol. The van der Waals surface area contributed by atoms with Crippen molar-refractivity contribution in [2.75, 3.05) is 25.0 Å². The third kappa shape index (κ3) is 3.74. The number of carbonyl (C=O) groups is 3. The second kappa shape index (κ2) is 7.48. The summed E-state index contributed by atoms with van der Waals surface area (Å²) in [5, 5.41) is 0. The van der Waals surface area contributed by atoms with E-state index >= 15 is 0 Å². The third-order valence-corrected chi connectivity index (χ3v) is 5.20. The van der Waals surface area contributed by atoms with Crippen molar-refractivity contribution in [3.8, 4) is 5.75 Å². The molecule has 6 heteroatoms. The topological polar surface area (TPSA) is 66.9 Å². The van der Waals surface area contributed by atoms with Crippen LogP contribution in [0.1, 0.15) is 49.9 Å². The maximum absolute atomic E-state index is 12.5. The molecule has 0 spiro atoms. The van der Waals surface area contributed by atoms with E-state index in [4.69, 9.17) is 4.74 Å². The summed E-state index contributed by atoms with van der Waals surface area (Å²) in [6, 6.07) is 5.09. The number of piperidine rings is 1. The van der Waals surface area contributed by atoms with Crippen LogP contribution in [0.15, 0.2) is 18.2 Å². The molecule has 0 N–H and O–H groups in total. The van der Waals surface area contributed by atoms with Crippen molar-refractivity contribution in [3.05, 3.63) is 23.8 Å². The number of hydrogen-bond donors (Lipinski definition) is 0. The Kier molecular flexibility index (Phi) is 5.30. The Morgan fingerprint density at radius 1 is 1.23 bits per heavy atom.